The minimum Gasteiger partial charge on any atom is -0.454 e. The number of benzene rings is 3. The third-order valence-corrected chi connectivity index (χ3v) is 6.98. The van der Waals surface area contributed by atoms with Crippen molar-refractivity contribution < 1.29 is 27.0 Å². The molecular formula is C34H41F4O2. The van der Waals surface area contributed by atoms with Crippen LogP contribution in [0.5, 0.6) is 17.2 Å². The minimum atomic E-state index is -4.26. The summed E-state index contributed by atoms with van der Waals surface area (Å²) in [7, 11) is 0. The molecule has 0 unspecified atom stereocenters. The van der Waals surface area contributed by atoms with Gasteiger partial charge in [-0.05, 0) is 67.1 Å². The van der Waals surface area contributed by atoms with E-state index < -0.39 is 29.1 Å². The van der Waals surface area contributed by atoms with Crippen molar-refractivity contribution in [3.63, 3.8) is 0 Å². The number of rotatable bonds is 18. The minimum absolute atomic E-state index is 0.184. The molecule has 0 heterocycles. The van der Waals surface area contributed by atoms with Gasteiger partial charge in [0.2, 0.25) is 0 Å². The predicted molar refractivity (Wildman–Crippen MR) is 152 cm³/mol. The highest BCUT2D eigenvalue weighted by Gasteiger charge is 2.42. The lowest BCUT2D eigenvalue weighted by molar-refractivity contribution is -0.189. The van der Waals surface area contributed by atoms with Gasteiger partial charge in [0.15, 0.2) is 11.6 Å². The van der Waals surface area contributed by atoms with Crippen LogP contribution in [0, 0.1) is 17.7 Å². The molecule has 217 valence electrons. The highest BCUT2D eigenvalue weighted by atomic mass is 19.3. The van der Waals surface area contributed by atoms with Gasteiger partial charge in [0.1, 0.15) is 22.9 Å². The van der Waals surface area contributed by atoms with Crippen LogP contribution in [0.25, 0.3) is 0 Å². The van der Waals surface area contributed by atoms with Crippen LogP contribution in [0.1, 0.15) is 101 Å². The Hall–Kier alpha value is -3.02. The Morgan fingerprint density at radius 1 is 0.650 bits per heavy atom. The maximum absolute atomic E-state index is 15.1. The SMILES string of the molecule is CCCCCCCCc1ccc(OC(F)(F)c2c(F)c[c]c(Oc3ccc(CCCCCCC)cc3)c2F)cc1. The maximum Gasteiger partial charge on any atom is 0.432 e. The summed E-state index contributed by atoms with van der Waals surface area (Å²) in [6, 6.07) is 16.1. The quantitative estimate of drug-likeness (QED) is 0.114. The van der Waals surface area contributed by atoms with Crippen LogP contribution in [0.4, 0.5) is 17.6 Å². The largest absolute Gasteiger partial charge is 0.454 e. The summed E-state index contributed by atoms with van der Waals surface area (Å²) in [5, 5.41) is 0. The van der Waals surface area contributed by atoms with E-state index in [1.54, 1.807) is 24.3 Å². The molecular weight excluding hydrogens is 516 g/mol. The third kappa shape index (κ3) is 9.87. The third-order valence-electron chi connectivity index (χ3n) is 6.98. The first-order valence-corrected chi connectivity index (χ1v) is 14.7. The lowest BCUT2D eigenvalue weighted by Gasteiger charge is -2.20. The van der Waals surface area contributed by atoms with Crippen molar-refractivity contribution >= 4 is 0 Å². The molecule has 0 bridgehead atoms. The van der Waals surface area contributed by atoms with E-state index in [1.165, 1.54) is 57.1 Å². The van der Waals surface area contributed by atoms with Gasteiger partial charge in [-0.2, -0.15) is 8.78 Å². The van der Waals surface area contributed by atoms with Crippen molar-refractivity contribution in [2.24, 2.45) is 0 Å². The van der Waals surface area contributed by atoms with Gasteiger partial charge in [-0.15, -0.1) is 0 Å². The first-order chi connectivity index (χ1) is 19.3. The van der Waals surface area contributed by atoms with Crippen LogP contribution in [0.3, 0.4) is 0 Å². The van der Waals surface area contributed by atoms with Gasteiger partial charge in [0, 0.05) is 6.07 Å². The molecule has 0 N–H and O–H groups in total. The summed E-state index contributed by atoms with van der Waals surface area (Å²) in [6.45, 7) is 4.35. The van der Waals surface area contributed by atoms with Crippen molar-refractivity contribution in [1.29, 1.82) is 0 Å². The first-order valence-electron chi connectivity index (χ1n) is 14.7. The number of unbranched alkanes of at least 4 members (excludes halogenated alkanes) is 9. The van der Waals surface area contributed by atoms with Gasteiger partial charge in [0.25, 0.3) is 0 Å². The molecule has 2 nitrogen and oxygen atoms in total. The van der Waals surface area contributed by atoms with Crippen LogP contribution in [-0.4, -0.2) is 0 Å². The molecule has 1 radical (unpaired) electrons. The Morgan fingerprint density at radius 2 is 1.12 bits per heavy atom. The summed E-state index contributed by atoms with van der Waals surface area (Å²) in [6.07, 6.45) is 10.3. The van der Waals surface area contributed by atoms with E-state index in [0.717, 1.165) is 49.7 Å². The van der Waals surface area contributed by atoms with Gasteiger partial charge in [-0.3, -0.25) is 0 Å². The average molecular weight is 558 g/mol. The van der Waals surface area contributed by atoms with E-state index in [-0.39, 0.29) is 11.5 Å². The zero-order valence-electron chi connectivity index (χ0n) is 23.7. The Kier molecular flexibility index (Phi) is 12.8. The second kappa shape index (κ2) is 16.3. The molecule has 6 heteroatoms. The summed E-state index contributed by atoms with van der Waals surface area (Å²) >= 11 is 0. The average Bonchev–Trinajstić information content (AvgIpc) is 2.93. The molecule has 0 aliphatic heterocycles. The zero-order chi connectivity index (χ0) is 28.8. The van der Waals surface area contributed by atoms with E-state index in [1.807, 2.05) is 12.1 Å². The Labute approximate surface area is 236 Å². The summed E-state index contributed by atoms with van der Waals surface area (Å²) < 4.78 is 69.8. The van der Waals surface area contributed by atoms with E-state index in [4.69, 9.17) is 9.47 Å². The standard InChI is InChI=1S/C34H41F4O2/c1-3-5-7-9-11-13-15-27-18-22-29(23-19-27)40-34(37,38)32-30(35)24-25-31(33(32)36)39-28-20-16-26(17-21-28)14-12-10-8-6-4-2/h16-24H,3-15H2,1-2H3. The molecule has 0 aromatic heterocycles. The van der Waals surface area contributed by atoms with Crippen molar-refractivity contribution in [3.8, 4) is 17.2 Å². The lowest BCUT2D eigenvalue weighted by Crippen LogP contribution is -2.25. The zero-order valence-corrected chi connectivity index (χ0v) is 23.7. The van der Waals surface area contributed by atoms with Gasteiger partial charge >= 0.3 is 6.11 Å². The van der Waals surface area contributed by atoms with Crippen LogP contribution in [0.15, 0.2) is 54.6 Å². The fourth-order valence-corrected chi connectivity index (χ4v) is 4.63. The molecule has 3 aromatic rings. The topological polar surface area (TPSA) is 18.5 Å². The Balaban J connectivity index is 1.60. The number of hydrogen-bond donors (Lipinski definition) is 0. The van der Waals surface area contributed by atoms with Gasteiger partial charge in [0.05, 0.1) is 0 Å². The molecule has 0 atom stereocenters. The second-order valence-electron chi connectivity index (χ2n) is 10.3. The summed E-state index contributed by atoms with van der Waals surface area (Å²) in [5.41, 5.74) is 0.586. The van der Waals surface area contributed by atoms with E-state index in [0.29, 0.717) is 6.07 Å². The molecule has 0 saturated heterocycles. The Bertz CT molecular complexity index is 1140. The van der Waals surface area contributed by atoms with E-state index in [9.17, 15) is 4.39 Å². The molecule has 40 heavy (non-hydrogen) atoms. The van der Waals surface area contributed by atoms with Crippen LogP contribution >= 0.6 is 0 Å². The molecule has 0 aliphatic carbocycles. The fraction of sp³-hybridized carbons (Fsp3) is 0.471. The smallest absolute Gasteiger partial charge is 0.432 e. The van der Waals surface area contributed by atoms with Gasteiger partial charge < -0.3 is 9.47 Å². The molecule has 0 saturated carbocycles. The second-order valence-corrected chi connectivity index (χ2v) is 10.3. The van der Waals surface area contributed by atoms with Crippen LogP contribution < -0.4 is 9.47 Å². The number of aryl methyl sites for hydroxylation is 2. The number of hydrogen-bond acceptors (Lipinski definition) is 2. The normalized spacial score (nSPS) is 11.6. The Morgan fingerprint density at radius 3 is 1.65 bits per heavy atom. The molecule has 3 rings (SSSR count). The van der Waals surface area contributed by atoms with E-state index in [2.05, 4.69) is 19.9 Å². The monoisotopic (exact) mass is 557 g/mol. The first kappa shape index (κ1) is 31.5. The summed E-state index contributed by atoms with van der Waals surface area (Å²) in [5.74, 6) is -3.58. The molecule has 0 aliphatic rings. The summed E-state index contributed by atoms with van der Waals surface area (Å²) in [4.78, 5) is 0. The number of alkyl halides is 2. The number of ether oxygens (including phenoxy) is 2. The van der Waals surface area contributed by atoms with Gasteiger partial charge in [-0.1, -0.05) is 95.9 Å². The van der Waals surface area contributed by atoms with Crippen molar-refractivity contribution in [3.05, 3.63) is 89.0 Å². The van der Waals surface area contributed by atoms with Crippen LogP contribution in [-0.2, 0) is 19.0 Å². The molecule has 0 fully saturated rings. The molecule has 0 spiro atoms. The molecule has 3 aromatic carbocycles. The maximum atomic E-state index is 15.1. The fourth-order valence-electron chi connectivity index (χ4n) is 4.63. The van der Waals surface area contributed by atoms with Crippen LogP contribution in [0.2, 0.25) is 0 Å². The highest BCUT2D eigenvalue weighted by Crippen LogP contribution is 2.39. The van der Waals surface area contributed by atoms with Crippen molar-refractivity contribution in [1.82, 2.24) is 0 Å². The van der Waals surface area contributed by atoms with Gasteiger partial charge in [-0.25, -0.2) is 8.78 Å². The van der Waals surface area contributed by atoms with Crippen molar-refractivity contribution in [2.75, 3.05) is 0 Å². The highest BCUT2D eigenvalue weighted by molar-refractivity contribution is 5.38. The lowest BCUT2D eigenvalue weighted by atomic mass is 10.0. The predicted octanol–water partition coefficient (Wildman–Crippen LogP) is 11.1. The number of halogens is 4. The van der Waals surface area contributed by atoms with Crippen molar-refractivity contribution in [2.45, 2.75) is 103 Å². The van der Waals surface area contributed by atoms with E-state index >= 15 is 13.2 Å². The molecule has 0 amide bonds.